The van der Waals surface area contributed by atoms with E-state index in [1.807, 2.05) is 32.9 Å². The molecule has 0 aliphatic rings. The summed E-state index contributed by atoms with van der Waals surface area (Å²) in [6.45, 7) is 6.40. The second-order valence-corrected chi connectivity index (χ2v) is 7.09. The van der Waals surface area contributed by atoms with Gasteiger partial charge in [-0.1, -0.05) is 43.1 Å². The second kappa shape index (κ2) is 9.97. The molecule has 0 aromatic heterocycles. The molecule has 0 spiro atoms. The minimum absolute atomic E-state index is 0.0448. The summed E-state index contributed by atoms with van der Waals surface area (Å²) in [4.78, 5) is 24.9. The highest BCUT2D eigenvalue weighted by molar-refractivity contribution is 6.30. The van der Waals surface area contributed by atoms with E-state index in [1.165, 1.54) is 0 Å². The van der Waals surface area contributed by atoms with Crippen LogP contribution in [0.3, 0.4) is 0 Å². The Kier molecular flexibility index (Phi) is 7.67. The van der Waals surface area contributed by atoms with Gasteiger partial charge in [0.15, 0.2) is 0 Å². The maximum atomic E-state index is 12.5. The van der Waals surface area contributed by atoms with E-state index in [2.05, 4.69) is 10.6 Å². The highest BCUT2D eigenvalue weighted by Crippen LogP contribution is 2.15. The van der Waals surface area contributed by atoms with Crippen molar-refractivity contribution in [1.82, 2.24) is 10.6 Å². The van der Waals surface area contributed by atoms with E-state index < -0.39 is 6.04 Å². The number of carbonyl (C=O) groups is 2. The van der Waals surface area contributed by atoms with Crippen LogP contribution in [0.4, 0.5) is 0 Å². The molecule has 144 valence electrons. The van der Waals surface area contributed by atoms with Gasteiger partial charge in [-0.05, 0) is 49.2 Å². The van der Waals surface area contributed by atoms with Gasteiger partial charge in [0, 0.05) is 10.6 Å². The molecule has 0 fully saturated rings. The number of halogens is 1. The Morgan fingerprint density at radius 2 is 1.67 bits per heavy atom. The smallest absolute Gasteiger partial charge is 0.251 e. The molecule has 2 rings (SSSR count). The number of ether oxygens (including phenoxy) is 1. The van der Waals surface area contributed by atoms with Crippen LogP contribution in [0.25, 0.3) is 0 Å². The number of aryl methyl sites for hydroxylation is 1. The van der Waals surface area contributed by atoms with Crippen LogP contribution in [0.15, 0.2) is 48.5 Å². The van der Waals surface area contributed by atoms with E-state index >= 15 is 0 Å². The Bertz CT molecular complexity index is 758. The number of hydrogen-bond acceptors (Lipinski definition) is 3. The first kappa shape index (κ1) is 20.8. The lowest BCUT2D eigenvalue weighted by molar-refractivity contribution is -0.124. The van der Waals surface area contributed by atoms with Crippen LogP contribution >= 0.6 is 11.6 Å². The van der Waals surface area contributed by atoms with Gasteiger partial charge in [0.2, 0.25) is 5.91 Å². The van der Waals surface area contributed by atoms with Crippen molar-refractivity contribution < 1.29 is 14.3 Å². The van der Waals surface area contributed by atoms with Crippen LogP contribution in [0.1, 0.15) is 29.8 Å². The van der Waals surface area contributed by atoms with Crippen molar-refractivity contribution in [2.45, 2.75) is 26.8 Å². The first-order valence-electron chi connectivity index (χ1n) is 8.90. The first-order valence-corrected chi connectivity index (χ1v) is 9.28. The zero-order valence-corrected chi connectivity index (χ0v) is 16.5. The minimum atomic E-state index is -0.616. The lowest BCUT2D eigenvalue weighted by atomic mass is 10.0. The van der Waals surface area contributed by atoms with Gasteiger partial charge in [0.1, 0.15) is 18.4 Å². The monoisotopic (exact) mass is 388 g/mol. The van der Waals surface area contributed by atoms with E-state index in [0.717, 1.165) is 5.56 Å². The SMILES string of the molecule is Cc1ccc(C(=O)N[C@H](C(=O)NCCOc2ccc(Cl)cc2)C(C)C)cc1. The molecular formula is C21H25ClN2O3. The van der Waals surface area contributed by atoms with E-state index in [1.54, 1.807) is 36.4 Å². The molecule has 0 bridgehead atoms. The summed E-state index contributed by atoms with van der Waals surface area (Å²) in [6, 6.07) is 13.6. The Balaban J connectivity index is 1.84. The van der Waals surface area contributed by atoms with Crippen LogP contribution in [0.5, 0.6) is 5.75 Å². The molecule has 1 atom stereocenters. The highest BCUT2D eigenvalue weighted by Gasteiger charge is 2.24. The predicted molar refractivity (Wildman–Crippen MR) is 107 cm³/mol. The predicted octanol–water partition coefficient (Wildman–Crippen LogP) is 3.60. The molecule has 6 heteroatoms. The highest BCUT2D eigenvalue weighted by atomic mass is 35.5. The molecule has 0 heterocycles. The normalized spacial score (nSPS) is 11.7. The van der Waals surface area contributed by atoms with Crippen molar-refractivity contribution in [3.63, 3.8) is 0 Å². The molecule has 0 aliphatic carbocycles. The fourth-order valence-electron chi connectivity index (χ4n) is 2.45. The second-order valence-electron chi connectivity index (χ2n) is 6.65. The zero-order valence-electron chi connectivity index (χ0n) is 15.8. The van der Waals surface area contributed by atoms with E-state index in [-0.39, 0.29) is 17.7 Å². The molecule has 2 aromatic carbocycles. The first-order chi connectivity index (χ1) is 12.9. The summed E-state index contributed by atoms with van der Waals surface area (Å²) in [7, 11) is 0. The van der Waals surface area contributed by atoms with Crippen LogP contribution in [0, 0.1) is 12.8 Å². The number of amides is 2. The minimum Gasteiger partial charge on any atom is -0.492 e. The van der Waals surface area contributed by atoms with Gasteiger partial charge in [-0.25, -0.2) is 0 Å². The van der Waals surface area contributed by atoms with Gasteiger partial charge in [-0.2, -0.15) is 0 Å². The molecule has 2 N–H and O–H groups in total. The fraction of sp³-hybridized carbons (Fsp3) is 0.333. The summed E-state index contributed by atoms with van der Waals surface area (Å²) < 4.78 is 5.55. The lowest BCUT2D eigenvalue weighted by Gasteiger charge is -2.22. The molecule has 2 aromatic rings. The molecule has 0 aliphatic heterocycles. The molecule has 0 unspecified atom stereocenters. The average molecular weight is 389 g/mol. The number of nitrogens with one attached hydrogen (secondary N) is 2. The van der Waals surface area contributed by atoms with Crippen LogP contribution in [0.2, 0.25) is 5.02 Å². The van der Waals surface area contributed by atoms with Gasteiger partial charge >= 0.3 is 0 Å². The van der Waals surface area contributed by atoms with Crippen molar-refractivity contribution in [2.24, 2.45) is 5.92 Å². The molecule has 0 saturated carbocycles. The van der Waals surface area contributed by atoms with Gasteiger partial charge < -0.3 is 15.4 Å². The lowest BCUT2D eigenvalue weighted by Crippen LogP contribution is -2.50. The van der Waals surface area contributed by atoms with Crippen LogP contribution in [-0.2, 0) is 4.79 Å². The van der Waals surface area contributed by atoms with Crippen molar-refractivity contribution in [2.75, 3.05) is 13.2 Å². The van der Waals surface area contributed by atoms with Crippen molar-refractivity contribution >= 4 is 23.4 Å². The maximum Gasteiger partial charge on any atom is 0.251 e. The number of carbonyl (C=O) groups excluding carboxylic acids is 2. The van der Waals surface area contributed by atoms with Gasteiger partial charge in [-0.15, -0.1) is 0 Å². The fourth-order valence-corrected chi connectivity index (χ4v) is 2.57. The van der Waals surface area contributed by atoms with Gasteiger partial charge in [-0.3, -0.25) is 9.59 Å². The third kappa shape index (κ3) is 6.61. The standard InChI is InChI=1S/C21H25ClN2O3/c1-14(2)19(24-20(25)16-6-4-15(3)5-7-16)21(26)23-12-13-27-18-10-8-17(22)9-11-18/h4-11,14,19H,12-13H2,1-3H3,(H,23,26)(H,24,25)/t19-/m0/s1. The summed E-state index contributed by atoms with van der Waals surface area (Å²) in [6.07, 6.45) is 0. The summed E-state index contributed by atoms with van der Waals surface area (Å²) in [5, 5.41) is 6.26. The molecule has 0 saturated heterocycles. The zero-order chi connectivity index (χ0) is 19.8. The molecule has 27 heavy (non-hydrogen) atoms. The topological polar surface area (TPSA) is 67.4 Å². The third-order valence-electron chi connectivity index (χ3n) is 4.03. The summed E-state index contributed by atoms with van der Waals surface area (Å²) in [5.74, 6) is 0.143. The average Bonchev–Trinajstić information content (AvgIpc) is 2.64. The molecular weight excluding hydrogens is 364 g/mol. The van der Waals surface area contributed by atoms with Crippen molar-refractivity contribution in [3.8, 4) is 5.75 Å². The number of hydrogen-bond donors (Lipinski definition) is 2. The van der Waals surface area contributed by atoms with Crippen molar-refractivity contribution in [1.29, 1.82) is 0 Å². The maximum absolute atomic E-state index is 12.5. The Hall–Kier alpha value is -2.53. The third-order valence-corrected chi connectivity index (χ3v) is 4.29. The number of benzene rings is 2. The largest absolute Gasteiger partial charge is 0.492 e. The van der Waals surface area contributed by atoms with Gasteiger partial charge in [0.05, 0.1) is 6.54 Å². The molecule has 2 amide bonds. The summed E-state index contributed by atoms with van der Waals surface area (Å²) in [5.41, 5.74) is 1.61. The van der Waals surface area contributed by atoms with E-state index in [0.29, 0.717) is 29.5 Å². The number of rotatable bonds is 8. The quantitative estimate of drug-likeness (QED) is 0.679. The molecule has 5 nitrogen and oxygen atoms in total. The van der Waals surface area contributed by atoms with Crippen LogP contribution in [-0.4, -0.2) is 31.0 Å². The molecule has 0 radical (unpaired) electrons. The Morgan fingerprint density at radius 3 is 2.26 bits per heavy atom. The van der Waals surface area contributed by atoms with Crippen LogP contribution < -0.4 is 15.4 Å². The summed E-state index contributed by atoms with van der Waals surface area (Å²) >= 11 is 5.83. The Morgan fingerprint density at radius 1 is 1.04 bits per heavy atom. The van der Waals surface area contributed by atoms with E-state index in [9.17, 15) is 9.59 Å². The Labute approximate surface area is 165 Å². The van der Waals surface area contributed by atoms with Crippen molar-refractivity contribution in [3.05, 3.63) is 64.7 Å². The van der Waals surface area contributed by atoms with E-state index in [4.69, 9.17) is 16.3 Å². The van der Waals surface area contributed by atoms with Gasteiger partial charge in [0.25, 0.3) is 5.91 Å².